The van der Waals surface area contributed by atoms with E-state index in [4.69, 9.17) is 0 Å². The first kappa shape index (κ1) is 33.4. The molecule has 3 aromatic heterocycles. The summed E-state index contributed by atoms with van der Waals surface area (Å²) in [5.74, 6) is 0. The van der Waals surface area contributed by atoms with Crippen LogP contribution < -0.4 is 0 Å². The van der Waals surface area contributed by atoms with E-state index in [9.17, 15) is 5.26 Å². The predicted octanol–water partition coefficient (Wildman–Crippen LogP) is 13.4. The van der Waals surface area contributed by atoms with Crippen molar-refractivity contribution in [2.24, 2.45) is 0 Å². The second kappa shape index (κ2) is 13.0. The highest BCUT2D eigenvalue weighted by atomic mass is 15.0. The zero-order chi connectivity index (χ0) is 38.1. The standard InChI is InChI=1S/C52H38N4/c1-32-13-17-40(34(3)25-32)38-15-19-44-42-9-5-7-11-46(42)55(48(44)29-38)50-27-36(31-53)28-51(52(50)37-21-23-54-24-22-37)56-47-12-8-6-10-43(47)45-20-16-39(30-49(45)56)41-18-14-33(2)26-35(41)4/h5-30H,1-4H3. The average Bonchev–Trinajstić information content (AvgIpc) is 3.72. The summed E-state index contributed by atoms with van der Waals surface area (Å²) in [6.07, 6.45) is 3.71. The van der Waals surface area contributed by atoms with Crippen LogP contribution in [0.25, 0.3) is 88.4 Å². The molecule has 56 heavy (non-hydrogen) atoms. The van der Waals surface area contributed by atoms with Gasteiger partial charge < -0.3 is 9.13 Å². The summed E-state index contributed by atoms with van der Waals surface area (Å²) in [5.41, 5.74) is 18.5. The molecule has 0 radical (unpaired) electrons. The van der Waals surface area contributed by atoms with Crippen molar-refractivity contribution in [1.29, 1.82) is 5.26 Å². The van der Waals surface area contributed by atoms with E-state index in [0.717, 1.165) is 77.2 Å². The Labute approximate surface area is 326 Å². The largest absolute Gasteiger partial charge is 0.308 e. The number of aryl methyl sites for hydroxylation is 4. The van der Waals surface area contributed by atoms with Crippen LogP contribution in [0.4, 0.5) is 0 Å². The van der Waals surface area contributed by atoms with Crippen molar-refractivity contribution in [1.82, 2.24) is 14.1 Å². The molecule has 0 saturated carbocycles. The minimum absolute atomic E-state index is 0.584. The maximum Gasteiger partial charge on any atom is 0.0993 e. The number of pyridine rings is 1. The second-order valence-corrected chi connectivity index (χ2v) is 15.0. The van der Waals surface area contributed by atoms with Crippen molar-refractivity contribution < 1.29 is 0 Å². The van der Waals surface area contributed by atoms with Crippen molar-refractivity contribution in [3.05, 3.63) is 186 Å². The normalized spacial score (nSPS) is 11.6. The highest BCUT2D eigenvalue weighted by molar-refractivity contribution is 6.13. The van der Waals surface area contributed by atoms with E-state index in [-0.39, 0.29) is 0 Å². The molecule has 0 unspecified atom stereocenters. The van der Waals surface area contributed by atoms with Gasteiger partial charge in [-0.1, -0.05) is 108 Å². The number of aromatic nitrogens is 3. The third-order valence-corrected chi connectivity index (χ3v) is 11.4. The van der Waals surface area contributed by atoms with Gasteiger partial charge in [0, 0.05) is 39.5 Å². The van der Waals surface area contributed by atoms with Crippen molar-refractivity contribution >= 4 is 43.6 Å². The first-order valence-electron chi connectivity index (χ1n) is 19.1. The maximum absolute atomic E-state index is 10.8. The lowest BCUT2D eigenvalue weighted by Gasteiger charge is -2.21. The van der Waals surface area contributed by atoms with Gasteiger partial charge in [-0.25, -0.2) is 0 Å². The van der Waals surface area contributed by atoms with Gasteiger partial charge in [0.05, 0.1) is 45.1 Å². The van der Waals surface area contributed by atoms with Crippen molar-refractivity contribution in [3.8, 4) is 50.8 Å². The number of para-hydroxylation sites is 2. The Bertz CT molecular complexity index is 3050. The second-order valence-electron chi connectivity index (χ2n) is 15.0. The third-order valence-electron chi connectivity index (χ3n) is 11.4. The summed E-state index contributed by atoms with van der Waals surface area (Å²) in [6.45, 7) is 8.65. The molecular weight excluding hydrogens is 681 g/mol. The molecular formula is C52H38N4. The number of rotatable bonds is 5. The van der Waals surface area contributed by atoms with Crippen LogP contribution in [0.1, 0.15) is 27.8 Å². The molecule has 0 aliphatic heterocycles. The van der Waals surface area contributed by atoms with E-state index >= 15 is 0 Å². The molecule has 0 atom stereocenters. The van der Waals surface area contributed by atoms with E-state index < -0.39 is 0 Å². The monoisotopic (exact) mass is 718 g/mol. The summed E-state index contributed by atoms with van der Waals surface area (Å²) in [4.78, 5) is 4.44. The van der Waals surface area contributed by atoms with E-state index in [1.54, 1.807) is 0 Å². The molecule has 0 spiro atoms. The van der Waals surface area contributed by atoms with Gasteiger partial charge in [0.15, 0.2) is 0 Å². The third kappa shape index (κ3) is 5.24. The molecule has 0 fully saturated rings. The summed E-state index contributed by atoms with van der Waals surface area (Å²) in [7, 11) is 0. The van der Waals surface area contributed by atoms with Crippen LogP contribution in [0.2, 0.25) is 0 Å². The van der Waals surface area contributed by atoms with Gasteiger partial charge in [0.1, 0.15) is 0 Å². The number of nitriles is 1. The molecule has 7 aromatic carbocycles. The molecule has 266 valence electrons. The molecule has 10 aromatic rings. The number of nitrogens with zero attached hydrogens (tertiary/aromatic N) is 4. The number of fused-ring (bicyclic) bond motifs is 6. The molecule has 0 aliphatic carbocycles. The van der Waals surface area contributed by atoms with Crippen LogP contribution in [0, 0.1) is 39.0 Å². The molecule has 4 nitrogen and oxygen atoms in total. The summed E-state index contributed by atoms with van der Waals surface area (Å²) in [6, 6.07) is 55.0. The SMILES string of the molecule is Cc1ccc(-c2ccc3c4ccccc4n(-c4cc(C#N)cc(-n5c6ccccc6c6ccc(-c7ccc(C)cc7C)cc65)c4-c4ccncc4)c3c2)c(C)c1. The van der Waals surface area contributed by atoms with Crippen molar-refractivity contribution in [3.63, 3.8) is 0 Å². The fraction of sp³-hybridized carbons (Fsp3) is 0.0769. The summed E-state index contributed by atoms with van der Waals surface area (Å²) in [5, 5.41) is 15.5. The molecule has 0 amide bonds. The maximum atomic E-state index is 10.8. The van der Waals surface area contributed by atoms with Gasteiger partial charge in [-0.2, -0.15) is 5.26 Å². The number of hydrogen-bond acceptors (Lipinski definition) is 2. The Morgan fingerprint density at radius 1 is 0.446 bits per heavy atom. The highest BCUT2D eigenvalue weighted by Crippen LogP contribution is 2.44. The molecule has 0 aliphatic rings. The van der Waals surface area contributed by atoms with E-state index in [2.05, 4.69) is 193 Å². The molecule has 0 N–H and O–H groups in total. The lowest BCUT2D eigenvalue weighted by molar-refractivity contribution is 1.13. The van der Waals surface area contributed by atoms with Gasteiger partial charge in [-0.15, -0.1) is 0 Å². The zero-order valence-corrected chi connectivity index (χ0v) is 31.8. The van der Waals surface area contributed by atoms with Crippen LogP contribution in [-0.4, -0.2) is 14.1 Å². The van der Waals surface area contributed by atoms with E-state index in [1.165, 1.54) is 33.4 Å². The Hall–Kier alpha value is -7.22. The van der Waals surface area contributed by atoms with Crippen LogP contribution >= 0.6 is 0 Å². The smallest absolute Gasteiger partial charge is 0.0993 e. The molecule has 10 rings (SSSR count). The van der Waals surface area contributed by atoms with Crippen molar-refractivity contribution in [2.75, 3.05) is 0 Å². The van der Waals surface area contributed by atoms with E-state index in [0.29, 0.717) is 5.56 Å². The van der Waals surface area contributed by atoms with Gasteiger partial charge in [-0.3, -0.25) is 4.98 Å². The van der Waals surface area contributed by atoms with Crippen LogP contribution in [0.5, 0.6) is 0 Å². The lowest BCUT2D eigenvalue weighted by atomic mass is 9.97. The van der Waals surface area contributed by atoms with Gasteiger partial charge >= 0.3 is 0 Å². The predicted molar refractivity (Wildman–Crippen MR) is 233 cm³/mol. The summed E-state index contributed by atoms with van der Waals surface area (Å²) >= 11 is 0. The Kier molecular flexibility index (Phi) is 7.73. The van der Waals surface area contributed by atoms with Gasteiger partial charge in [0.25, 0.3) is 0 Å². The van der Waals surface area contributed by atoms with Crippen LogP contribution in [0.15, 0.2) is 158 Å². The van der Waals surface area contributed by atoms with Gasteiger partial charge in [-0.05, 0) is 115 Å². The van der Waals surface area contributed by atoms with E-state index in [1.807, 2.05) is 12.4 Å². The minimum atomic E-state index is 0.584. The lowest BCUT2D eigenvalue weighted by Crippen LogP contribution is -2.05. The number of benzene rings is 7. The fourth-order valence-electron chi connectivity index (χ4n) is 8.91. The highest BCUT2D eigenvalue weighted by Gasteiger charge is 2.24. The first-order valence-corrected chi connectivity index (χ1v) is 19.1. The van der Waals surface area contributed by atoms with Crippen LogP contribution in [-0.2, 0) is 0 Å². The van der Waals surface area contributed by atoms with Gasteiger partial charge in [0.2, 0.25) is 0 Å². The fourth-order valence-corrected chi connectivity index (χ4v) is 8.91. The Morgan fingerprint density at radius 3 is 1.38 bits per heavy atom. The number of hydrogen-bond donors (Lipinski definition) is 0. The Morgan fingerprint density at radius 2 is 0.911 bits per heavy atom. The Balaban J connectivity index is 1.35. The quantitative estimate of drug-likeness (QED) is 0.178. The molecule has 0 bridgehead atoms. The zero-order valence-electron chi connectivity index (χ0n) is 31.8. The molecule has 3 heterocycles. The molecule has 4 heteroatoms. The first-order chi connectivity index (χ1) is 27.4. The topological polar surface area (TPSA) is 46.5 Å². The van der Waals surface area contributed by atoms with Crippen LogP contribution in [0.3, 0.4) is 0 Å². The summed E-state index contributed by atoms with van der Waals surface area (Å²) < 4.78 is 4.74. The molecule has 0 saturated heterocycles. The van der Waals surface area contributed by atoms with Crippen molar-refractivity contribution in [2.45, 2.75) is 27.7 Å². The minimum Gasteiger partial charge on any atom is -0.308 e. The average molecular weight is 719 g/mol.